The predicted molar refractivity (Wildman–Crippen MR) is 58.0 cm³/mol. The number of fused-ring (bicyclic) bond motifs is 1. The maximum absolute atomic E-state index is 13.6. The first kappa shape index (κ1) is 10.1. The van der Waals surface area contributed by atoms with Crippen LogP contribution in [0.3, 0.4) is 0 Å². The van der Waals surface area contributed by atoms with Gasteiger partial charge in [0.2, 0.25) is 0 Å². The molecule has 0 spiro atoms. The molecule has 0 fully saturated rings. The van der Waals surface area contributed by atoms with E-state index < -0.39 is 0 Å². The van der Waals surface area contributed by atoms with Crippen LogP contribution < -0.4 is 5.73 Å². The molecule has 2 rings (SSSR count). The summed E-state index contributed by atoms with van der Waals surface area (Å²) in [5.74, 6) is 0.492. The van der Waals surface area contributed by atoms with Gasteiger partial charge in [0.25, 0.3) is 0 Å². The Balaban J connectivity index is 2.80. The van der Waals surface area contributed by atoms with Crippen LogP contribution in [0.2, 0.25) is 0 Å². The van der Waals surface area contributed by atoms with Gasteiger partial charge in [0.05, 0.1) is 11.6 Å². The number of rotatable bonds is 2. The fourth-order valence-electron chi connectivity index (χ4n) is 1.83. The number of imidazole rings is 1. The smallest absolute Gasteiger partial charge is 0.149 e. The summed E-state index contributed by atoms with van der Waals surface area (Å²) in [6, 6.07) is 4.73. The third-order valence-electron chi connectivity index (χ3n) is 2.47. The molecule has 0 bridgehead atoms. The van der Waals surface area contributed by atoms with Crippen LogP contribution in [0.4, 0.5) is 4.39 Å². The number of halogens is 1. The molecule has 0 radical (unpaired) electrons. The highest BCUT2D eigenvalue weighted by molar-refractivity contribution is 5.76. The van der Waals surface area contributed by atoms with E-state index in [0.29, 0.717) is 17.6 Å². The van der Waals surface area contributed by atoms with Gasteiger partial charge in [0.15, 0.2) is 0 Å². The molecule has 0 aliphatic rings. The fraction of sp³-hybridized carbons (Fsp3) is 0.364. The Labute approximate surface area is 87.7 Å². The Kier molecular flexibility index (Phi) is 2.44. The summed E-state index contributed by atoms with van der Waals surface area (Å²) < 4.78 is 15.4. The zero-order valence-corrected chi connectivity index (χ0v) is 8.87. The Bertz CT molecular complexity index is 488. The molecular weight excluding hydrogens is 193 g/mol. The average Bonchev–Trinajstić information content (AvgIpc) is 2.57. The van der Waals surface area contributed by atoms with Gasteiger partial charge in [-0.3, -0.25) is 0 Å². The normalized spacial score (nSPS) is 13.3. The molecule has 2 aromatic rings. The van der Waals surface area contributed by atoms with E-state index in [9.17, 15) is 4.39 Å². The molecule has 0 aliphatic carbocycles. The number of para-hydroxylation sites is 1. The second-order valence-electron chi connectivity index (χ2n) is 3.61. The average molecular weight is 207 g/mol. The number of nitrogens with two attached hydrogens (primary N) is 1. The molecule has 1 aromatic carbocycles. The van der Waals surface area contributed by atoms with Gasteiger partial charge in [-0.05, 0) is 26.0 Å². The summed E-state index contributed by atoms with van der Waals surface area (Å²) in [7, 11) is 0. The van der Waals surface area contributed by atoms with Crippen molar-refractivity contribution in [3.05, 3.63) is 29.8 Å². The van der Waals surface area contributed by atoms with Crippen molar-refractivity contribution in [1.29, 1.82) is 0 Å². The Morgan fingerprint density at radius 3 is 2.87 bits per heavy atom. The molecular formula is C11H14FN3. The van der Waals surface area contributed by atoms with Crippen LogP contribution in [0.15, 0.2) is 18.2 Å². The second kappa shape index (κ2) is 3.62. The first-order valence-electron chi connectivity index (χ1n) is 5.05. The number of hydrogen-bond acceptors (Lipinski definition) is 2. The van der Waals surface area contributed by atoms with Gasteiger partial charge in [0, 0.05) is 6.54 Å². The Morgan fingerprint density at radius 1 is 1.53 bits per heavy atom. The lowest BCUT2D eigenvalue weighted by atomic mass is 10.3. The first-order valence-corrected chi connectivity index (χ1v) is 5.05. The zero-order valence-electron chi connectivity index (χ0n) is 8.87. The van der Waals surface area contributed by atoms with Crippen molar-refractivity contribution in [3.63, 3.8) is 0 Å². The maximum atomic E-state index is 13.6. The van der Waals surface area contributed by atoms with E-state index in [-0.39, 0.29) is 11.9 Å². The predicted octanol–water partition coefficient (Wildman–Crippen LogP) is 2.21. The van der Waals surface area contributed by atoms with E-state index in [1.807, 2.05) is 18.4 Å². The number of nitrogens with zero attached hydrogens (tertiary/aromatic N) is 2. The highest BCUT2D eigenvalue weighted by Gasteiger charge is 2.14. The molecule has 2 N–H and O–H groups in total. The van der Waals surface area contributed by atoms with Crippen LogP contribution in [0.5, 0.6) is 0 Å². The van der Waals surface area contributed by atoms with Crippen LogP contribution in [-0.4, -0.2) is 9.55 Å². The minimum Gasteiger partial charge on any atom is -0.325 e. The van der Waals surface area contributed by atoms with Crippen molar-refractivity contribution < 1.29 is 4.39 Å². The summed E-state index contributed by atoms with van der Waals surface area (Å²) in [6.45, 7) is 4.49. The molecule has 0 amide bonds. The van der Waals surface area contributed by atoms with Crippen LogP contribution >= 0.6 is 0 Å². The van der Waals surface area contributed by atoms with E-state index in [1.165, 1.54) is 6.07 Å². The number of aromatic nitrogens is 2. The van der Waals surface area contributed by atoms with E-state index >= 15 is 0 Å². The standard InChI is InChI=1S/C11H14FN3/c1-3-15-10-8(12)5-4-6-9(10)14-11(15)7(2)13/h4-7H,3,13H2,1-2H3/t7-/m1/s1. The summed E-state index contributed by atoms with van der Waals surface area (Å²) in [6.07, 6.45) is 0. The van der Waals surface area contributed by atoms with Crippen LogP contribution in [0.1, 0.15) is 25.7 Å². The molecule has 80 valence electrons. The van der Waals surface area contributed by atoms with E-state index in [0.717, 1.165) is 5.82 Å². The van der Waals surface area contributed by atoms with Gasteiger partial charge >= 0.3 is 0 Å². The lowest BCUT2D eigenvalue weighted by Gasteiger charge is -2.08. The highest BCUT2D eigenvalue weighted by Crippen LogP contribution is 2.21. The number of aryl methyl sites for hydroxylation is 1. The lowest BCUT2D eigenvalue weighted by Crippen LogP contribution is -2.13. The first-order chi connectivity index (χ1) is 7.15. The van der Waals surface area contributed by atoms with Crippen molar-refractivity contribution in [3.8, 4) is 0 Å². The Hall–Kier alpha value is -1.42. The van der Waals surface area contributed by atoms with Crippen LogP contribution in [0.25, 0.3) is 11.0 Å². The van der Waals surface area contributed by atoms with Gasteiger partial charge < -0.3 is 10.3 Å². The molecule has 1 aromatic heterocycles. The topological polar surface area (TPSA) is 43.8 Å². The number of hydrogen-bond donors (Lipinski definition) is 1. The summed E-state index contributed by atoms with van der Waals surface area (Å²) >= 11 is 0. The minimum atomic E-state index is -0.242. The van der Waals surface area contributed by atoms with Crippen LogP contribution in [0, 0.1) is 5.82 Å². The second-order valence-corrected chi connectivity index (χ2v) is 3.61. The summed E-state index contributed by atoms with van der Waals surface area (Å²) in [5.41, 5.74) is 7.02. The molecule has 15 heavy (non-hydrogen) atoms. The number of benzene rings is 1. The molecule has 0 aliphatic heterocycles. The molecule has 0 unspecified atom stereocenters. The van der Waals surface area contributed by atoms with E-state index in [4.69, 9.17) is 5.73 Å². The SMILES string of the molecule is CCn1c([C@@H](C)N)nc2cccc(F)c21. The van der Waals surface area contributed by atoms with Gasteiger partial charge in [0.1, 0.15) is 17.2 Å². The molecule has 4 heteroatoms. The van der Waals surface area contributed by atoms with Gasteiger partial charge in [-0.15, -0.1) is 0 Å². The quantitative estimate of drug-likeness (QED) is 0.820. The van der Waals surface area contributed by atoms with Crippen LogP contribution in [-0.2, 0) is 6.54 Å². The highest BCUT2D eigenvalue weighted by atomic mass is 19.1. The van der Waals surface area contributed by atoms with Crippen molar-refractivity contribution in [1.82, 2.24) is 9.55 Å². The van der Waals surface area contributed by atoms with Crippen molar-refractivity contribution in [2.24, 2.45) is 5.73 Å². The lowest BCUT2D eigenvalue weighted by molar-refractivity contribution is 0.609. The van der Waals surface area contributed by atoms with Crippen molar-refractivity contribution in [2.75, 3.05) is 0 Å². The fourth-order valence-corrected chi connectivity index (χ4v) is 1.83. The third kappa shape index (κ3) is 1.51. The molecule has 3 nitrogen and oxygen atoms in total. The van der Waals surface area contributed by atoms with Crippen molar-refractivity contribution in [2.45, 2.75) is 26.4 Å². The van der Waals surface area contributed by atoms with Crippen molar-refractivity contribution >= 4 is 11.0 Å². The Morgan fingerprint density at radius 2 is 2.27 bits per heavy atom. The summed E-state index contributed by atoms with van der Waals surface area (Å²) in [4.78, 5) is 4.34. The van der Waals surface area contributed by atoms with Gasteiger partial charge in [-0.2, -0.15) is 0 Å². The molecule has 1 heterocycles. The summed E-state index contributed by atoms with van der Waals surface area (Å²) in [5, 5.41) is 0. The van der Waals surface area contributed by atoms with Gasteiger partial charge in [-0.25, -0.2) is 9.37 Å². The molecule has 0 saturated heterocycles. The largest absolute Gasteiger partial charge is 0.325 e. The van der Waals surface area contributed by atoms with E-state index in [1.54, 1.807) is 12.1 Å². The maximum Gasteiger partial charge on any atom is 0.149 e. The minimum absolute atomic E-state index is 0.184. The van der Waals surface area contributed by atoms with E-state index in [2.05, 4.69) is 4.98 Å². The molecule has 0 saturated carbocycles. The monoisotopic (exact) mass is 207 g/mol. The third-order valence-corrected chi connectivity index (χ3v) is 2.47. The molecule has 1 atom stereocenters. The van der Waals surface area contributed by atoms with Gasteiger partial charge in [-0.1, -0.05) is 6.07 Å². The zero-order chi connectivity index (χ0) is 11.0.